The van der Waals surface area contributed by atoms with Crippen LogP contribution in [0.1, 0.15) is 20.8 Å². The van der Waals surface area contributed by atoms with Gasteiger partial charge in [0.15, 0.2) is 0 Å². The van der Waals surface area contributed by atoms with Crippen LogP contribution < -0.4 is 5.14 Å². The van der Waals surface area contributed by atoms with E-state index in [4.69, 9.17) is 10.2 Å². The quantitative estimate of drug-likeness (QED) is 0.690. The lowest BCUT2D eigenvalue weighted by Crippen LogP contribution is -2.61. The van der Waals surface area contributed by atoms with Crippen LogP contribution >= 0.6 is 0 Å². The van der Waals surface area contributed by atoms with Crippen molar-refractivity contribution in [2.24, 2.45) is 10.6 Å². The number of hydrogen-bond acceptors (Lipinski definition) is 3. The van der Waals surface area contributed by atoms with E-state index in [1.807, 2.05) is 20.8 Å². The van der Waals surface area contributed by atoms with Gasteiger partial charge in [0.05, 0.1) is 6.04 Å². The van der Waals surface area contributed by atoms with E-state index in [0.717, 1.165) is 4.31 Å². The monoisotopic (exact) mass is 265 g/mol. The second-order valence-corrected chi connectivity index (χ2v) is 6.81. The first-order valence-electron chi connectivity index (χ1n) is 5.31. The van der Waals surface area contributed by atoms with Crippen LogP contribution in [-0.4, -0.2) is 54.5 Å². The van der Waals surface area contributed by atoms with Gasteiger partial charge < -0.3 is 10.0 Å². The third-order valence-corrected chi connectivity index (χ3v) is 4.00. The molecule has 0 aromatic rings. The second kappa shape index (κ2) is 4.43. The lowest BCUT2D eigenvalue weighted by molar-refractivity contribution is 0.0458. The molecule has 7 nitrogen and oxygen atoms in total. The van der Waals surface area contributed by atoms with Crippen LogP contribution in [0.4, 0.5) is 4.79 Å². The lowest BCUT2D eigenvalue weighted by atomic mass is 9.85. The predicted octanol–water partition coefficient (Wildman–Crippen LogP) is -0.0998. The minimum absolute atomic E-state index is 0.106. The topological polar surface area (TPSA) is 104 Å². The maximum absolute atomic E-state index is 11.3. The molecule has 0 radical (unpaired) electrons. The van der Waals surface area contributed by atoms with Crippen molar-refractivity contribution in [2.75, 3.05) is 19.6 Å². The summed E-state index contributed by atoms with van der Waals surface area (Å²) in [7, 11) is -3.75. The van der Waals surface area contributed by atoms with E-state index >= 15 is 0 Å². The zero-order valence-electron chi connectivity index (χ0n) is 10.3. The van der Waals surface area contributed by atoms with E-state index in [9.17, 15) is 13.2 Å². The molecule has 1 aliphatic rings. The first kappa shape index (κ1) is 14.2. The predicted molar refractivity (Wildman–Crippen MR) is 62.7 cm³/mol. The van der Waals surface area contributed by atoms with Crippen molar-refractivity contribution in [1.82, 2.24) is 9.21 Å². The van der Waals surface area contributed by atoms with Crippen molar-refractivity contribution in [1.29, 1.82) is 0 Å². The molecule has 0 bridgehead atoms. The van der Waals surface area contributed by atoms with Crippen LogP contribution in [-0.2, 0) is 10.2 Å². The van der Waals surface area contributed by atoms with Gasteiger partial charge in [0.1, 0.15) is 0 Å². The van der Waals surface area contributed by atoms with Crippen LogP contribution in [0.5, 0.6) is 0 Å². The molecule has 1 saturated heterocycles. The van der Waals surface area contributed by atoms with E-state index in [2.05, 4.69) is 0 Å². The number of nitrogens with zero attached hydrogens (tertiary/aromatic N) is 2. The summed E-state index contributed by atoms with van der Waals surface area (Å²) in [5.41, 5.74) is -0.345. The van der Waals surface area contributed by atoms with E-state index in [1.54, 1.807) is 0 Å². The molecule has 8 heteroatoms. The molecule has 1 unspecified atom stereocenters. The summed E-state index contributed by atoms with van der Waals surface area (Å²) in [6.45, 7) is 5.99. The molecule has 1 rings (SSSR count). The number of rotatable bonds is 1. The van der Waals surface area contributed by atoms with Crippen molar-refractivity contribution in [3.8, 4) is 0 Å². The number of carbonyl (C=O) groups is 1. The molecule has 1 atom stereocenters. The van der Waals surface area contributed by atoms with E-state index < -0.39 is 22.3 Å². The van der Waals surface area contributed by atoms with Gasteiger partial charge in [0.25, 0.3) is 10.2 Å². The number of carboxylic acid groups (broad SMARTS) is 1. The Morgan fingerprint density at radius 2 is 1.88 bits per heavy atom. The number of piperazine rings is 1. The summed E-state index contributed by atoms with van der Waals surface area (Å²) in [5, 5.41) is 14.2. The van der Waals surface area contributed by atoms with E-state index in [0.29, 0.717) is 0 Å². The Kier molecular flexibility index (Phi) is 3.70. The summed E-state index contributed by atoms with van der Waals surface area (Å²) in [6.07, 6.45) is -1.03. The number of nitrogens with two attached hydrogens (primary N) is 1. The second-order valence-electron chi connectivity index (χ2n) is 5.26. The van der Waals surface area contributed by atoms with Crippen LogP contribution in [0.25, 0.3) is 0 Å². The zero-order valence-corrected chi connectivity index (χ0v) is 11.1. The molecule has 3 N–H and O–H groups in total. The van der Waals surface area contributed by atoms with Crippen molar-refractivity contribution in [2.45, 2.75) is 26.8 Å². The lowest BCUT2D eigenvalue weighted by Gasteiger charge is -2.44. The summed E-state index contributed by atoms with van der Waals surface area (Å²) in [5.74, 6) is 0. The summed E-state index contributed by atoms with van der Waals surface area (Å²) in [4.78, 5) is 12.4. The Labute approximate surface area is 101 Å². The first-order chi connectivity index (χ1) is 7.53. The van der Waals surface area contributed by atoms with Crippen molar-refractivity contribution in [3.05, 3.63) is 0 Å². The van der Waals surface area contributed by atoms with Gasteiger partial charge in [0, 0.05) is 19.6 Å². The minimum atomic E-state index is -3.75. The van der Waals surface area contributed by atoms with Gasteiger partial charge in [0.2, 0.25) is 0 Å². The maximum Gasteiger partial charge on any atom is 0.407 e. The Bertz CT molecular complexity index is 401. The standard InChI is InChI=1S/C9H19N3O4S/c1-9(2,3)7-6-11(17(10,15)16)4-5-12(7)8(13)14/h7H,4-6H2,1-3H3,(H,13,14)(H2,10,15,16). The highest BCUT2D eigenvalue weighted by Gasteiger charge is 2.40. The highest BCUT2D eigenvalue weighted by atomic mass is 32.2. The highest BCUT2D eigenvalue weighted by Crippen LogP contribution is 2.28. The molecular formula is C9H19N3O4S. The molecule has 0 aromatic heterocycles. The fraction of sp³-hybridized carbons (Fsp3) is 0.889. The normalized spacial score (nSPS) is 23.8. The molecule has 100 valence electrons. The minimum Gasteiger partial charge on any atom is -0.465 e. The average Bonchev–Trinajstić information content (AvgIpc) is 2.14. The Morgan fingerprint density at radius 3 is 2.24 bits per heavy atom. The molecule has 0 aliphatic carbocycles. The van der Waals surface area contributed by atoms with Gasteiger partial charge in [-0.2, -0.15) is 12.7 Å². The van der Waals surface area contributed by atoms with Crippen LogP contribution in [0.3, 0.4) is 0 Å². The molecule has 0 saturated carbocycles. The Balaban J connectivity index is 2.96. The largest absolute Gasteiger partial charge is 0.465 e. The van der Waals surface area contributed by atoms with Crippen molar-refractivity contribution < 1.29 is 18.3 Å². The summed E-state index contributed by atoms with van der Waals surface area (Å²) >= 11 is 0. The van der Waals surface area contributed by atoms with Crippen LogP contribution in [0, 0.1) is 5.41 Å². The smallest absolute Gasteiger partial charge is 0.407 e. The van der Waals surface area contributed by atoms with Gasteiger partial charge in [-0.1, -0.05) is 20.8 Å². The van der Waals surface area contributed by atoms with Crippen LogP contribution in [0.2, 0.25) is 0 Å². The Hall–Kier alpha value is -0.860. The molecule has 0 aromatic carbocycles. The van der Waals surface area contributed by atoms with Crippen LogP contribution in [0.15, 0.2) is 0 Å². The fourth-order valence-electron chi connectivity index (χ4n) is 1.96. The summed E-state index contributed by atoms with van der Waals surface area (Å²) in [6, 6.07) is -0.396. The van der Waals surface area contributed by atoms with Gasteiger partial charge in [-0.15, -0.1) is 0 Å². The zero-order chi connectivity index (χ0) is 13.4. The van der Waals surface area contributed by atoms with Gasteiger partial charge in [-0.3, -0.25) is 0 Å². The van der Waals surface area contributed by atoms with Gasteiger partial charge in [-0.25, -0.2) is 9.93 Å². The van der Waals surface area contributed by atoms with Crippen molar-refractivity contribution in [3.63, 3.8) is 0 Å². The van der Waals surface area contributed by atoms with Crippen molar-refractivity contribution >= 4 is 16.3 Å². The van der Waals surface area contributed by atoms with E-state index in [1.165, 1.54) is 4.90 Å². The molecule has 17 heavy (non-hydrogen) atoms. The SMILES string of the molecule is CC(C)(C)C1CN(S(N)(=O)=O)CCN1C(=O)O. The average molecular weight is 265 g/mol. The fourth-order valence-corrected chi connectivity index (χ4v) is 2.64. The molecule has 0 spiro atoms. The molecular weight excluding hydrogens is 246 g/mol. The Morgan fingerprint density at radius 1 is 1.35 bits per heavy atom. The van der Waals surface area contributed by atoms with Gasteiger partial charge in [-0.05, 0) is 5.41 Å². The van der Waals surface area contributed by atoms with Gasteiger partial charge >= 0.3 is 6.09 Å². The third kappa shape index (κ3) is 3.30. The molecule has 1 amide bonds. The molecule has 1 fully saturated rings. The van der Waals surface area contributed by atoms with E-state index in [-0.39, 0.29) is 25.0 Å². The summed E-state index contributed by atoms with van der Waals surface area (Å²) < 4.78 is 23.7. The maximum atomic E-state index is 11.3. The number of amides is 1. The number of hydrogen-bond donors (Lipinski definition) is 2. The molecule has 1 heterocycles. The molecule has 1 aliphatic heterocycles. The first-order valence-corrected chi connectivity index (χ1v) is 6.81. The highest BCUT2D eigenvalue weighted by molar-refractivity contribution is 7.86. The third-order valence-electron chi connectivity index (χ3n) is 2.95.